The summed E-state index contributed by atoms with van der Waals surface area (Å²) in [6.07, 6.45) is -0.724. The Morgan fingerprint density at radius 3 is 2.15 bits per heavy atom. The second-order valence-corrected chi connectivity index (χ2v) is 8.36. The lowest BCUT2D eigenvalue weighted by Crippen LogP contribution is -2.52. The van der Waals surface area contributed by atoms with Crippen molar-refractivity contribution in [2.24, 2.45) is 5.92 Å². The van der Waals surface area contributed by atoms with Gasteiger partial charge in [-0.3, -0.25) is 14.5 Å². The predicted octanol–water partition coefficient (Wildman–Crippen LogP) is 4.65. The van der Waals surface area contributed by atoms with Gasteiger partial charge >= 0.3 is 6.09 Å². The standard InChI is InChI=1S/C27H27N3O4/c1-19(2)25(31)29-17-22(28-27(33)34-18-20-11-5-3-6-12-20)26(32)30(21-13-7-4-8-14-21)24-16-10-9-15-23(24)29/h3-16,19,22H,17-18H2,1-2H3,(H,28,33). The molecule has 0 saturated heterocycles. The fraction of sp³-hybridized carbons (Fsp3) is 0.222. The summed E-state index contributed by atoms with van der Waals surface area (Å²) in [6.45, 7) is 3.69. The van der Waals surface area contributed by atoms with E-state index >= 15 is 0 Å². The van der Waals surface area contributed by atoms with Crippen molar-refractivity contribution in [1.82, 2.24) is 5.32 Å². The molecule has 3 aromatic carbocycles. The molecule has 34 heavy (non-hydrogen) atoms. The van der Waals surface area contributed by atoms with E-state index in [1.54, 1.807) is 15.9 Å². The van der Waals surface area contributed by atoms with Gasteiger partial charge in [0, 0.05) is 11.6 Å². The molecule has 3 amide bonds. The molecule has 0 bridgehead atoms. The van der Waals surface area contributed by atoms with Gasteiger partial charge in [0.05, 0.1) is 17.9 Å². The molecule has 174 valence electrons. The second-order valence-electron chi connectivity index (χ2n) is 8.36. The summed E-state index contributed by atoms with van der Waals surface area (Å²) in [6, 6.07) is 24.7. The summed E-state index contributed by atoms with van der Waals surface area (Å²) >= 11 is 0. The second kappa shape index (κ2) is 10.2. The van der Waals surface area contributed by atoms with Crippen molar-refractivity contribution >= 4 is 35.0 Å². The Morgan fingerprint density at radius 1 is 0.912 bits per heavy atom. The van der Waals surface area contributed by atoms with Crippen LogP contribution in [0.15, 0.2) is 84.9 Å². The van der Waals surface area contributed by atoms with Crippen molar-refractivity contribution in [3.05, 3.63) is 90.5 Å². The third kappa shape index (κ3) is 4.93. The van der Waals surface area contributed by atoms with E-state index in [0.29, 0.717) is 17.1 Å². The summed E-state index contributed by atoms with van der Waals surface area (Å²) in [5.41, 5.74) is 2.66. The average molecular weight is 458 g/mol. The highest BCUT2D eigenvalue weighted by atomic mass is 16.5. The Morgan fingerprint density at radius 2 is 1.50 bits per heavy atom. The van der Waals surface area contributed by atoms with Crippen LogP contribution in [0.25, 0.3) is 0 Å². The van der Waals surface area contributed by atoms with Crippen LogP contribution >= 0.6 is 0 Å². The van der Waals surface area contributed by atoms with E-state index in [1.165, 1.54) is 0 Å². The smallest absolute Gasteiger partial charge is 0.408 e. The number of anilines is 3. The number of carbonyl (C=O) groups is 3. The van der Waals surface area contributed by atoms with Crippen LogP contribution < -0.4 is 15.1 Å². The first-order valence-electron chi connectivity index (χ1n) is 11.2. The van der Waals surface area contributed by atoms with Crippen molar-refractivity contribution < 1.29 is 19.1 Å². The fourth-order valence-electron chi connectivity index (χ4n) is 3.89. The van der Waals surface area contributed by atoms with Crippen LogP contribution in [-0.4, -0.2) is 30.5 Å². The lowest BCUT2D eigenvalue weighted by molar-refractivity contribution is -0.121. The minimum absolute atomic E-state index is 0.00334. The Kier molecular flexibility index (Phi) is 6.92. The van der Waals surface area contributed by atoms with Gasteiger partial charge in [-0.15, -0.1) is 0 Å². The monoisotopic (exact) mass is 457 g/mol. The van der Waals surface area contributed by atoms with Crippen molar-refractivity contribution in [2.75, 3.05) is 16.3 Å². The van der Waals surface area contributed by atoms with Crippen molar-refractivity contribution in [3.8, 4) is 0 Å². The van der Waals surface area contributed by atoms with E-state index in [0.717, 1.165) is 5.56 Å². The van der Waals surface area contributed by atoms with Gasteiger partial charge < -0.3 is 15.0 Å². The molecule has 0 fully saturated rings. The summed E-state index contributed by atoms with van der Waals surface area (Å²) in [5.74, 6) is -0.786. The molecule has 0 radical (unpaired) electrons. The minimum Gasteiger partial charge on any atom is -0.445 e. The first-order valence-corrected chi connectivity index (χ1v) is 11.2. The largest absolute Gasteiger partial charge is 0.445 e. The highest BCUT2D eigenvalue weighted by molar-refractivity contribution is 6.11. The van der Waals surface area contributed by atoms with Gasteiger partial charge in [-0.2, -0.15) is 0 Å². The zero-order chi connectivity index (χ0) is 24.1. The van der Waals surface area contributed by atoms with Gasteiger partial charge in [-0.05, 0) is 29.8 Å². The van der Waals surface area contributed by atoms with Crippen LogP contribution in [0.1, 0.15) is 19.4 Å². The summed E-state index contributed by atoms with van der Waals surface area (Å²) < 4.78 is 5.36. The van der Waals surface area contributed by atoms with Crippen LogP contribution in [0.2, 0.25) is 0 Å². The van der Waals surface area contributed by atoms with E-state index < -0.39 is 12.1 Å². The third-order valence-corrected chi connectivity index (χ3v) is 5.58. The van der Waals surface area contributed by atoms with Crippen molar-refractivity contribution in [1.29, 1.82) is 0 Å². The molecule has 7 nitrogen and oxygen atoms in total. The summed E-state index contributed by atoms with van der Waals surface area (Å²) in [4.78, 5) is 42.7. The number of carbonyl (C=O) groups excluding carboxylic acids is 3. The molecule has 3 aromatic rings. The van der Waals surface area contributed by atoms with Crippen LogP contribution in [0, 0.1) is 5.92 Å². The van der Waals surface area contributed by atoms with Crippen molar-refractivity contribution in [2.45, 2.75) is 26.5 Å². The van der Waals surface area contributed by atoms with Gasteiger partial charge in [0.15, 0.2) is 0 Å². The number of fused-ring (bicyclic) bond motifs is 1. The molecular formula is C27H27N3O4. The van der Waals surface area contributed by atoms with Crippen LogP contribution in [0.5, 0.6) is 0 Å². The molecule has 1 aliphatic heterocycles. The number of alkyl carbamates (subject to hydrolysis) is 1. The van der Waals surface area contributed by atoms with Crippen LogP contribution in [0.3, 0.4) is 0 Å². The highest BCUT2D eigenvalue weighted by Gasteiger charge is 2.38. The molecule has 7 heteroatoms. The number of nitrogens with one attached hydrogen (secondary N) is 1. The summed E-state index contributed by atoms with van der Waals surface area (Å²) in [5, 5.41) is 2.69. The van der Waals surface area contributed by atoms with E-state index in [4.69, 9.17) is 4.74 Å². The zero-order valence-electron chi connectivity index (χ0n) is 19.2. The highest BCUT2D eigenvalue weighted by Crippen LogP contribution is 2.38. The normalized spacial score (nSPS) is 15.5. The lowest BCUT2D eigenvalue weighted by Gasteiger charge is -2.26. The van der Waals surface area contributed by atoms with E-state index in [9.17, 15) is 14.4 Å². The Labute approximate surface area is 198 Å². The van der Waals surface area contributed by atoms with E-state index in [1.807, 2.05) is 92.7 Å². The Bertz CT molecular complexity index is 1160. The van der Waals surface area contributed by atoms with E-state index in [2.05, 4.69) is 5.32 Å². The molecule has 1 atom stereocenters. The fourth-order valence-corrected chi connectivity index (χ4v) is 3.89. The zero-order valence-corrected chi connectivity index (χ0v) is 19.2. The molecule has 1 unspecified atom stereocenters. The number of ether oxygens (including phenoxy) is 1. The van der Waals surface area contributed by atoms with Gasteiger partial charge in [-0.1, -0.05) is 74.5 Å². The third-order valence-electron chi connectivity index (χ3n) is 5.58. The maximum atomic E-state index is 13.8. The number of nitrogens with zero attached hydrogens (tertiary/aromatic N) is 2. The van der Waals surface area contributed by atoms with Gasteiger partial charge in [0.2, 0.25) is 5.91 Å². The maximum Gasteiger partial charge on any atom is 0.408 e. The van der Waals surface area contributed by atoms with Gasteiger partial charge in [-0.25, -0.2) is 4.79 Å². The molecular weight excluding hydrogens is 430 g/mol. The predicted molar refractivity (Wildman–Crippen MR) is 131 cm³/mol. The molecule has 1 aliphatic rings. The number of hydrogen-bond donors (Lipinski definition) is 1. The number of para-hydroxylation sites is 3. The SMILES string of the molecule is CC(C)C(=O)N1CC(NC(=O)OCc2ccccc2)C(=O)N(c2ccccc2)c2ccccc21. The Balaban J connectivity index is 1.67. The van der Waals surface area contributed by atoms with Gasteiger partial charge in [0.1, 0.15) is 12.6 Å². The number of benzene rings is 3. The Hall–Kier alpha value is -4.13. The number of rotatable bonds is 5. The van der Waals surface area contributed by atoms with Crippen LogP contribution in [-0.2, 0) is 20.9 Å². The summed E-state index contributed by atoms with van der Waals surface area (Å²) in [7, 11) is 0. The van der Waals surface area contributed by atoms with Gasteiger partial charge in [0.25, 0.3) is 5.91 Å². The molecule has 0 saturated carbocycles. The lowest BCUT2D eigenvalue weighted by atomic mass is 10.1. The molecule has 1 heterocycles. The molecule has 4 rings (SSSR count). The first kappa shape index (κ1) is 23.0. The quantitative estimate of drug-likeness (QED) is 0.605. The number of hydrogen-bond acceptors (Lipinski definition) is 4. The topological polar surface area (TPSA) is 79.0 Å². The average Bonchev–Trinajstić information content (AvgIpc) is 2.98. The molecule has 1 N–H and O–H groups in total. The maximum absolute atomic E-state index is 13.8. The van der Waals surface area contributed by atoms with Crippen molar-refractivity contribution in [3.63, 3.8) is 0 Å². The first-order chi connectivity index (χ1) is 16.5. The molecule has 0 aromatic heterocycles. The number of amides is 3. The van der Waals surface area contributed by atoms with Crippen LogP contribution in [0.4, 0.5) is 21.9 Å². The molecule has 0 spiro atoms. The van der Waals surface area contributed by atoms with E-state index in [-0.39, 0.29) is 30.9 Å². The minimum atomic E-state index is -1.00. The molecule has 0 aliphatic carbocycles.